The van der Waals surface area contributed by atoms with Gasteiger partial charge in [-0.1, -0.05) is 23.9 Å². The number of hydrogen-bond donors (Lipinski definition) is 6. The predicted molar refractivity (Wildman–Crippen MR) is 156 cm³/mol. The van der Waals surface area contributed by atoms with Crippen molar-refractivity contribution < 1.29 is 39.0 Å². The van der Waals surface area contributed by atoms with Crippen molar-refractivity contribution in [2.24, 2.45) is 10.8 Å². The number of thioether (sulfide) groups is 2. The summed E-state index contributed by atoms with van der Waals surface area (Å²) in [5.41, 5.74) is 2.92. The lowest BCUT2D eigenvalue weighted by atomic mass is 10.0. The van der Waals surface area contributed by atoms with Crippen molar-refractivity contribution in [3.8, 4) is 5.75 Å². The number of phenols is 1. The molecule has 0 bridgehead atoms. The maximum absolute atomic E-state index is 13.5. The highest BCUT2D eigenvalue weighted by molar-refractivity contribution is 8.14. The number of aliphatic carboxylic acids is 1. The highest BCUT2D eigenvalue weighted by Crippen LogP contribution is 2.41. The van der Waals surface area contributed by atoms with Crippen LogP contribution in [0, 0.1) is 0 Å². The minimum Gasteiger partial charge on any atom is -0.508 e. The van der Waals surface area contributed by atoms with E-state index in [0.29, 0.717) is 22.2 Å². The summed E-state index contributed by atoms with van der Waals surface area (Å²) in [5.74, 6) is 1.10. The van der Waals surface area contributed by atoms with Gasteiger partial charge >= 0.3 is 23.8 Å². The van der Waals surface area contributed by atoms with E-state index in [2.05, 4.69) is 21.1 Å². The van der Waals surface area contributed by atoms with Crippen molar-refractivity contribution in [2.75, 3.05) is 38.2 Å². The van der Waals surface area contributed by atoms with Crippen LogP contribution in [0.3, 0.4) is 0 Å². The monoisotopic (exact) mass is 634 g/mol. The van der Waals surface area contributed by atoms with Crippen molar-refractivity contribution in [3.05, 3.63) is 41.1 Å². The lowest BCUT2D eigenvalue weighted by molar-refractivity contribution is -0.153. The fraction of sp³-hybridized carbons (Fsp3) is 0.400. The van der Waals surface area contributed by atoms with Crippen LogP contribution in [-0.2, 0) is 24.0 Å². The fourth-order valence-electron chi connectivity index (χ4n) is 4.70. The zero-order chi connectivity index (χ0) is 31.4. The van der Waals surface area contributed by atoms with Crippen LogP contribution in [0.4, 0.5) is 4.79 Å². The third-order valence-electron chi connectivity index (χ3n) is 6.95. The third-order valence-corrected chi connectivity index (χ3v) is 9.36. The summed E-state index contributed by atoms with van der Waals surface area (Å²) in [7, 11) is 1.52. The van der Waals surface area contributed by atoms with Crippen LogP contribution in [0.2, 0.25) is 0 Å². The van der Waals surface area contributed by atoms with Gasteiger partial charge in [0.25, 0.3) is 5.91 Å². The quantitative estimate of drug-likeness (QED) is 0.0493. The number of carbonyl (C=O) groups is 6. The number of imide groups is 1. The molecule has 2 fully saturated rings. The number of amides is 6. The number of urea groups is 1. The number of phenolic OH excluding ortho intramolecular Hbond substituents is 1. The Labute approximate surface area is 254 Å². The van der Waals surface area contributed by atoms with Crippen molar-refractivity contribution in [2.45, 2.75) is 24.4 Å². The first-order chi connectivity index (χ1) is 20.5. The van der Waals surface area contributed by atoms with Crippen LogP contribution in [0.5, 0.6) is 5.75 Å². The van der Waals surface area contributed by atoms with Crippen LogP contribution in [0.1, 0.15) is 18.5 Å². The minimum atomic E-state index is -1.42. The Morgan fingerprint density at radius 1 is 1.16 bits per heavy atom. The molecule has 0 radical (unpaired) electrons. The fourth-order valence-corrected chi connectivity index (χ4v) is 6.93. The number of likely N-dealkylation sites (N-methyl/N-ethyl adjacent to an activating group) is 1. The SMILES string of the molecule is CCN1CCN(C(=O)NC(C(=O)N[C@@H]2C(=O)N3C(C(=O)O)=C(CSC(=NC)NN)CS[C@H]23)c2ccc(O)cc2)C(=O)C1=O. The molecule has 3 heterocycles. The maximum Gasteiger partial charge on any atom is 0.352 e. The average Bonchev–Trinajstić information content (AvgIpc) is 3.00. The van der Waals surface area contributed by atoms with E-state index in [4.69, 9.17) is 5.84 Å². The molecule has 1 unspecified atom stereocenters. The Kier molecular flexibility index (Phi) is 9.82. The van der Waals surface area contributed by atoms with E-state index >= 15 is 0 Å². The predicted octanol–water partition coefficient (Wildman–Crippen LogP) is -1.25. The summed E-state index contributed by atoms with van der Waals surface area (Å²) >= 11 is 2.43. The smallest absolute Gasteiger partial charge is 0.352 e. The molecule has 0 saturated carbocycles. The van der Waals surface area contributed by atoms with Gasteiger partial charge in [0.2, 0.25) is 5.91 Å². The molecule has 6 amide bonds. The Hall–Kier alpha value is -4.29. The second-order valence-electron chi connectivity index (χ2n) is 9.43. The highest BCUT2D eigenvalue weighted by Gasteiger charge is 2.54. The van der Waals surface area contributed by atoms with Crippen LogP contribution in [0.25, 0.3) is 0 Å². The number of carbonyl (C=O) groups excluding carboxylic acids is 5. The summed E-state index contributed by atoms with van der Waals surface area (Å²) in [6, 6.07) is 1.83. The van der Waals surface area contributed by atoms with Gasteiger partial charge in [-0.05, 0) is 30.2 Å². The van der Waals surface area contributed by atoms with E-state index in [9.17, 15) is 39.0 Å². The summed E-state index contributed by atoms with van der Waals surface area (Å²) in [4.78, 5) is 83.8. The molecular weight excluding hydrogens is 604 g/mol. The topological polar surface area (TPSA) is 227 Å². The first kappa shape index (κ1) is 31.6. The van der Waals surface area contributed by atoms with E-state index in [0.717, 1.165) is 4.90 Å². The molecule has 2 saturated heterocycles. The van der Waals surface area contributed by atoms with Gasteiger partial charge in [-0.15, -0.1) is 11.8 Å². The van der Waals surface area contributed by atoms with E-state index < -0.39 is 53.1 Å². The molecule has 230 valence electrons. The molecule has 7 N–H and O–H groups in total. The van der Waals surface area contributed by atoms with Crippen LogP contribution >= 0.6 is 23.5 Å². The molecule has 43 heavy (non-hydrogen) atoms. The zero-order valence-corrected chi connectivity index (χ0v) is 24.7. The second-order valence-corrected chi connectivity index (χ2v) is 11.5. The molecule has 3 atom stereocenters. The van der Waals surface area contributed by atoms with Gasteiger partial charge in [0.15, 0.2) is 5.17 Å². The van der Waals surface area contributed by atoms with Gasteiger partial charge in [-0.2, -0.15) is 0 Å². The van der Waals surface area contributed by atoms with Crippen molar-refractivity contribution in [1.29, 1.82) is 0 Å². The maximum atomic E-state index is 13.5. The van der Waals surface area contributed by atoms with Gasteiger partial charge in [-0.3, -0.25) is 34.0 Å². The second kappa shape index (κ2) is 13.3. The average molecular weight is 635 g/mol. The first-order valence-electron chi connectivity index (χ1n) is 13.0. The van der Waals surface area contributed by atoms with E-state index in [-0.39, 0.29) is 41.6 Å². The summed E-state index contributed by atoms with van der Waals surface area (Å²) in [5, 5.41) is 24.3. The van der Waals surface area contributed by atoms with E-state index in [1.165, 1.54) is 59.7 Å². The summed E-state index contributed by atoms with van der Waals surface area (Å²) in [6.07, 6.45) is 0. The largest absolute Gasteiger partial charge is 0.508 e. The van der Waals surface area contributed by atoms with Crippen molar-refractivity contribution in [3.63, 3.8) is 0 Å². The molecule has 18 heteroatoms. The Morgan fingerprint density at radius 2 is 1.86 bits per heavy atom. The number of piperazine rings is 1. The van der Waals surface area contributed by atoms with Gasteiger partial charge in [-0.25, -0.2) is 15.4 Å². The number of aromatic hydroxyl groups is 1. The number of rotatable bonds is 8. The molecule has 0 aromatic heterocycles. The number of β-lactam (4-membered cyclic amide) rings is 1. The number of hydrogen-bond acceptors (Lipinski definition) is 11. The van der Waals surface area contributed by atoms with Crippen LogP contribution < -0.4 is 21.9 Å². The molecule has 16 nitrogen and oxygen atoms in total. The molecule has 1 aromatic carbocycles. The Bertz CT molecular complexity index is 1400. The normalized spacial score (nSPS) is 21.2. The number of carboxylic acid groups (broad SMARTS) is 1. The number of aliphatic imine (C=N–C) groups is 1. The number of fused-ring (bicyclic) bond motifs is 1. The highest BCUT2D eigenvalue weighted by atomic mass is 32.2. The summed E-state index contributed by atoms with van der Waals surface area (Å²) < 4.78 is 0. The van der Waals surface area contributed by atoms with E-state index in [1.807, 2.05) is 0 Å². The van der Waals surface area contributed by atoms with Gasteiger partial charge < -0.3 is 31.2 Å². The molecule has 1 aromatic rings. The zero-order valence-electron chi connectivity index (χ0n) is 23.1. The number of benzene rings is 1. The van der Waals surface area contributed by atoms with Crippen LogP contribution in [0.15, 0.2) is 40.5 Å². The van der Waals surface area contributed by atoms with E-state index in [1.54, 1.807) is 6.92 Å². The molecule has 0 aliphatic carbocycles. The molecular formula is C25H30N8O8S2. The minimum absolute atomic E-state index is 0.0825. The lowest BCUT2D eigenvalue weighted by Crippen LogP contribution is -2.71. The molecule has 3 aliphatic rings. The summed E-state index contributed by atoms with van der Waals surface area (Å²) in [6.45, 7) is 2.04. The number of amidine groups is 1. The molecule has 3 aliphatic heterocycles. The van der Waals surface area contributed by atoms with Crippen molar-refractivity contribution >= 4 is 64.3 Å². The molecule has 0 spiro atoms. The van der Waals surface area contributed by atoms with Gasteiger partial charge in [0, 0.05) is 38.2 Å². The number of nitrogens with two attached hydrogens (primary N) is 1. The number of carboxylic acids is 1. The van der Waals surface area contributed by atoms with Gasteiger partial charge in [0.1, 0.15) is 28.9 Å². The van der Waals surface area contributed by atoms with Gasteiger partial charge in [0.05, 0.1) is 0 Å². The molecule has 4 rings (SSSR count). The number of nitrogens with one attached hydrogen (secondary N) is 3. The number of nitrogens with zero attached hydrogens (tertiary/aromatic N) is 4. The Morgan fingerprint density at radius 3 is 2.47 bits per heavy atom. The number of hydrazine groups is 1. The van der Waals surface area contributed by atoms with Crippen molar-refractivity contribution in [1.82, 2.24) is 30.8 Å². The van der Waals surface area contributed by atoms with Crippen LogP contribution in [-0.4, -0.2) is 115 Å². The standard InChI is InChI=1S/C25H30N8O8S2/c1-3-31-8-9-32(21(38)20(31)37)25(41)29-15(12-4-6-14(34)7-5-12)18(35)28-16-19(36)33-17(23(39)40)13(10-42-22(16)33)11-43-24(27-2)30-26/h4-7,15-16,22,34H,3,8-11,26H2,1-2H3,(H,27,30)(H,28,35)(H,29,41)(H,39,40)/t15?,16-,22-/m1/s1. The first-order valence-corrected chi connectivity index (χ1v) is 15.0. The lowest BCUT2D eigenvalue weighted by Gasteiger charge is -2.49. The Balaban J connectivity index is 1.51. The third kappa shape index (κ3) is 6.40.